The van der Waals surface area contributed by atoms with Gasteiger partial charge in [0.1, 0.15) is 0 Å². The van der Waals surface area contributed by atoms with Crippen molar-refractivity contribution in [2.24, 2.45) is 0 Å². The number of fused-ring (bicyclic) bond motifs is 1. The van der Waals surface area contributed by atoms with Crippen molar-refractivity contribution in [1.82, 2.24) is 8.61 Å². The van der Waals surface area contributed by atoms with Crippen LogP contribution in [0.2, 0.25) is 0 Å². The van der Waals surface area contributed by atoms with E-state index in [0.717, 1.165) is 30.4 Å². The van der Waals surface area contributed by atoms with E-state index in [4.69, 9.17) is 0 Å². The molecule has 0 bridgehead atoms. The highest BCUT2D eigenvalue weighted by atomic mass is 32.2. The SMILES string of the molecule is CN(C1CC1)S(=O)(=O)N1CCc2ccccc2C1c1ccccc1. The highest BCUT2D eigenvalue weighted by Gasteiger charge is 2.42. The average molecular weight is 342 g/mol. The lowest BCUT2D eigenvalue weighted by atomic mass is 9.90. The Labute approximate surface area is 143 Å². The van der Waals surface area contributed by atoms with Gasteiger partial charge in [-0.15, -0.1) is 0 Å². The zero-order valence-electron chi connectivity index (χ0n) is 13.8. The Kier molecular flexibility index (Phi) is 3.95. The van der Waals surface area contributed by atoms with Crippen molar-refractivity contribution >= 4 is 10.2 Å². The molecule has 2 aliphatic rings. The number of rotatable bonds is 4. The first-order chi connectivity index (χ1) is 11.6. The fourth-order valence-corrected chi connectivity index (χ4v) is 5.31. The molecule has 0 spiro atoms. The van der Waals surface area contributed by atoms with Gasteiger partial charge in [0.2, 0.25) is 0 Å². The van der Waals surface area contributed by atoms with Crippen LogP contribution in [0.15, 0.2) is 54.6 Å². The molecule has 4 rings (SSSR count). The van der Waals surface area contributed by atoms with Crippen molar-refractivity contribution in [1.29, 1.82) is 0 Å². The van der Waals surface area contributed by atoms with Crippen molar-refractivity contribution < 1.29 is 8.42 Å². The molecule has 24 heavy (non-hydrogen) atoms. The molecule has 1 aliphatic carbocycles. The van der Waals surface area contributed by atoms with Crippen LogP contribution in [-0.2, 0) is 16.6 Å². The Morgan fingerprint density at radius 2 is 1.67 bits per heavy atom. The third-order valence-electron chi connectivity index (χ3n) is 5.08. The van der Waals surface area contributed by atoms with Gasteiger partial charge >= 0.3 is 0 Å². The maximum Gasteiger partial charge on any atom is 0.282 e. The van der Waals surface area contributed by atoms with E-state index in [1.165, 1.54) is 5.56 Å². The first-order valence-electron chi connectivity index (χ1n) is 8.46. The molecule has 0 saturated heterocycles. The van der Waals surface area contributed by atoms with E-state index in [1.54, 1.807) is 15.7 Å². The Hall–Kier alpha value is -1.69. The van der Waals surface area contributed by atoms with E-state index in [9.17, 15) is 8.42 Å². The summed E-state index contributed by atoms with van der Waals surface area (Å²) in [6, 6.07) is 18.1. The van der Waals surface area contributed by atoms with Gasteiger partial charge in [0.15, 0.2) is 0 Å². The van der Waals surface area contributed by atoms with Crippen molar-refractivity contribution in [3.05, 3.63) is 71.3 Å². The molecule has 1 aliphatic heterocycles. The molecule has 1 heterocycles. The van der Waals surface area contributed by atoms with Gasteiger partial charge in [0.25, 0.3) is 10.2 Å². The molecule has 2 aromatic rings. The molecule has 1 fully saturated rings. The van der Waals surface area contributed by atoms with Gasteiger partial charge in [-0.1, -0.05) is 54.6 Å². The smallest absolute Gasteiger partial charge is 0.195 e. The normalized spacial score (nSPS) is 21.7. The van der Waals surface area contributed by atoms with Crippen LogP contribution in [-0.4, -0.2) is 36.7 Å². The minimum Gasteiger partial charge on any atom is -0.195 e. The molecule has 5 heteroatoms. The van der Waals surface area contributed by atoms with Gasteiger partial charge in [0, 0.05) is 19.6 Å². The monoisotopic (exact) mass is 342 g/mol. The fourth-order valence-electron chi connectivity index (χ4n) is 3.57. The molecule has 1 atom stereocenters. The van der Waals surface area contributed by atoms with E-state index in [1.807, 2.05) is 42.5 Å². The molecule has 2 aromatic carbocycles. The standard InChI is InChI=1S/C19H22N2O2S/c1-20(17-11-12-17)24(22,23)21-14-13-15-7-5-6-10-18(15)19(21)16-8-3-2-4-9-16/h2-10,17,19H,11-14H2,1H3. The first kappa shape index (κ1) is 15.8. The lowest BCUT2D eigenvalue weighted by Crippen LogP contribution is -2.47. The molecule has 126 valence electrons. The van der Waals surface area contributed by atoms with Crippen LogP contribution in [0, 0.1) is 0 Å². The van der Waals surface area contributed by atoms with Crippen molar-refractivity contribution in [2.45, 2.75) is 31.3 Å². The average Bonchev–Trinajstić information content (AvgIpc) is 3.45. The zero-order valence-corrected chi connectivity index (χ0v) is 14.6. The lowest BCUT2D eigenvalue weighted by Gasteiger charge is -2.38. The Morgan fingerprint density at radius 3 is 2.38 bits per heavy atom. The predicted molar refractivity (Wildman–Crippen MR) is 94.8 cm³/mol. The van der Waals surface area contributed by atoms with E-state index in [0.29, 0.717) is 6.54 Å². The largest absolute Gasteiger partial charge is 0.282 e. The minimum absolute atomic E-state index is 0.170. The lowest BCUT2D eigenvalue weighted by molar-refractivity contribution is 0.308. The van der Waals surface area contributed by atoms with E-state index >= 15 is 0 Å². The number of nitrogens with zero attached hydrogens (tertiary/aromatic N) is 2. The van der Waals surface area contributed by atoms with E-state index in [2.05, 4.69) is 12.1 Å². The van der Waals surface area contributed by atoms with E-state index < -0.39 is 10.2 Å². The van der Waals surface area contributed by atoms with Crippen LogP contribution < -0.4 is 0 Å². The Balaban J connectivity index is 1.81. The summed E-state index contributed by atoms with van der Waals surface area (Å²) in [5.74, 6) is 0. The van der Waals surface area contributed by atoms with Gasteiger partial charge in [0.05, 0.1) is 6.04 Å². The predicted octanol–water partition coefficient (Wildman–Crippen LogP) is 2.97. The maximum absolute atomic E-state index is 13.2. The highest BCUT2D eigenvalue weighted by Crippen LogP contribution is 2.39. The van der Waals surface area contributed by atoms with Crippen LogP contribution in [0.5, 0.6) is 0 Å². The van der Waals surface area contributed by atoms with Gasteiger partial charge < -0.3 is 0 Å². The molecule has 0 aromatic heterocycles. The third kappa shape index (κ3) is 2.66. The molecule has 0 amide bonds. The summed E-state index contributed by atoms with van der Waals surface area (Å²) in [5.41, 5.74) is 3.37. The van der Waals surface area contributed by atoms with E-state index in [-0.39, 0.29) is 12.1 Å². The molecule has 0 radical (unpaired) electrons. The Morgan fingerprint density at radius 1 is 1.00 bits per heavy atom. The second-order valence-corrected chi connectivity index (χ2v) is 8.57. The minimum atomic E-state index is -3.47. The van der Waals surface area contributed by atoms with Crippen LogP contribution in [0.3, 0.4) is 0 Å². The molecular formula is C19H22N2O2S. The second-order valence-electron chi connectivity index (χ2n) is 6.63. The van der Waals surface area contributed by atoms with Gasteiger partial charge in [-0.25, -0.2) is 0 Å². The molecular weight excluding hydrogens is 320 g/mol. The second kappa shape index (κ2) is 5.99. The number of benzene rings is 2. The van der Waals surface area contributed by atoms with Gasteiger partial charge in [-0.05, 0) is 36.0 Å². The van der Waals surface area contributed by atoms with Crippen LogP contribution >= 0.6 is 0 Å². The summed E-state index contributed by atoms with van der Waals surface area (Å²) in [6.45, 7) is 0.524. The summed E-state index contributed by atoms with van der Waals surface area (Å²) in [4.78, 5) is 0. The molecule has 1 saturated carbocycles. The molecule has 0 N–H and O–H groups in total. The van der Waals surface area contributed by atoms with Crippen molar-refractivity contribution in [3.63, 3.8) is 0 Å². The fraction of sp³-hybridized carbons (Fsp3) is 0.368. The summed E-state index contributed by atoms with van der Waals surface area (Å²) in [5, 5.41) is 0. The third-order valence-corrected chi connectivity index (χ3v) is 7.09. The van der Waals surface area contributed by atoms with Crippen LogP contribution in [0.1, 0.15) is 35.6 Å². The summed E-state index contributed by atoms with van der Waals surface area (Å²) < 4.78 is 29.7. The summed E-state index contributed by atoms with van der Waals surface area (Å²) in [7, 11) is -1.75. The molecule has 4 nitrogen and oxygen atoms in total. The van der Waals surface area contributed by atoms with Crippen molar-refractivity contribution in [2.75, 3.05) is 13.6 Å². The highest BCUT2D eigenvalue weighted by molar-refractivity contribution is 7.86. The molecule has 1 unspecified atom stereocenters. The van der Waals surface area contributed by atoms with Gasteiger partial charge in [-0.2, -0.15) is 17.0 Å². The summed E-state index contributed by atoms with van der Waals surface area (Å²) in [6.07, 6.45) is 2.70. The zero-order chi connectivity index (χ0) is 16.7. The van der Waals surface area contributed by atoms with Gasteiger partial charge in [-0.3, -0.25) is 0 Å². The number of hydrogen-bond donors (Lipinski definition) is 0. The first-order valence-corrected chi connectivity index (χ1v) is 9.86. The quantitative estimate of drug-likeness (QED) is 0.857. The maximum atomic E-state index is 13.2. The summed E-state index contributed by atoms with van der Waals surface area (Å²) >= 11 is 0. The van der Waals surface area contributed by atoms with Crippen LogP contribution in [0.4, 0.5) is 0 Å². The van der Waals surface area contributed by atoms with Crippen molar-refractivity contribution in [3.8, 4) is 0 Å². The Bertz CT molecular complexity index is 831. The number of hydrogen-bond acceptors (Lipinski definition) is 2. The topological polar surface area (TPSA) is 40.6 Å². The van der Waals surface area contributed by atoms with Crippen LogP contribution in [0.25, 0.3) is 0 Å².